The summed E-state index contributed by atoms with van der Waals surface area (Å²) in [5, 5.41) is 7.54. The maximum Gasteiger partial charge on any atom is 0.247 e. The van der Waals surface area contributed by atoms with E-state index in [2.05, 4.69) is 10.2 Å². The Morgan fingerprint density at radius 1 is 1.17 bits per heavy atom. The maximum absolute atomic E-state index is 5.88. The first-order valence-electron chi connectivity index (χ1n) is 5.61. The van der Waals surface area contributed by atoms with Crippen molar-refractivity contribution in [3.8, 4) is 23.0 Å². The molecule has 0 amide bonds. The number of aromatic nitrogens is 2. The standard InChI is InChI=1S/C12H11ClN2O3/c1-7(13)11-14-15-12(18-11)8-2-3-9-10(6-8)17-5-4-16-9/h2-3,6-7H,4-5H2,1H3. The lowest BCUT2D eigenvalue weighted by Crippen LogP contribution is -2.15. The van der Waals surface area contributed by atoms with Crippen LogP contribution < -0.4 is 9.47 Å². The summed E-state index contributed by atoms with van der Waals surface area (Å²) in [6.07, 6.45) is 0. The van der Waals surface area contributed by atoms with E-state index >= 15 is 0 Å². The van der Waals surface area contributed by atoms with Crippen LogP contribution in [0.2, 0.25) is 0 Å². The molecule has 0 saturated heterocycles. The summed E-state index contributed by atoms with van der Waals surface area (Å²) in [4.78, 5) is 0. The second-order valence-electron chi connectivity index (χ2n) is 3.92. The number of fused-ring (bicyclic) bond motifs is 1. The lowest BCUT2D eigenvalue weighted by molar-refractivity contribution is 0.171. The van der Waals surface area contributed by atoms with Gasteiger partial charge in [0.2, 0.25) is 11.8 Å². The van der Waals surface area contributed by atoms with Gasteiger partial charge in [0, 0.05) is 5.56 Å². The van der Waals surface area contributed by atoms with Crippen molar-refractivity contribution in [1.29, 1.82) is 0 Å². The highest BCUT2D eigenvalue weighted by Gasteiger charge is 2.16. The zero-order chi connectivity index (χ0) is 12.5. The molecule has 1 aromatic carbocycles. The number of alkyl halides is 1. The number of hydrogen-bond donors (Lipinski definition) is 0. The van der Waals surface area contributed by atoms with Crippen molar-refractivity contribution in [2.75, 3.05) is 13.2 Å². The number of halogens is 1. The van der Waals surface area contributed by atoms with Gasteiger partial charge >= 0.3 is 0 Å². The summed E-state index contributed by atoms with van der Waals surface area (Å²) in [5.74, 6) is 2.25. The van der Waals surface area contributed by atoms with Gasteiger partial charge in [-0.25, -0.2) is 0 Å². The Balaban J connectivity index is 1.95. The Bertz CT molecular complexity index is 568. The van der Waals surface area contributed by atoms with Crippen LogP contribution in [0.5, 0.6) is 11.5 Å². The zero-order valence-electron chi connectivity index (χ0n) is 9.72. The molecule has 0 radical (unpaired) electrons. The number of nitrogens with zero attached hydrogens (tertiary/aromatic N) is 2. The average Bonchev–Trinajstić information content (AvgIpc) is 2.88. The van der Waals surface area contributed by atoms with Crippen molar-refractivity contribution < 1.29 is 13.9 Å². The molecule has 1 aliphatic rings. The average molecular weight is 267 g/mol. The Kier molecular flexibility index (Phi) is 2.83. The van der Waals surface area contributed by atoms with E-state index in [1.54, 1.807) is 6.92 Å². The summed E-state index contributed by atoms with van der Waals surface area (Å²) >= 11 is 5.88. The molecule has 18 heavy (non-hydrogen) atoms. The number of hydrogen-bond acceptors (Lipinski definition) is 5. The van der Waals surface area contributed by atoms with Crippen LogP contribution >= 0.6 is 11.6 Å². The summed E-state index contributed by atoms with van der Waals surface area (Å²) in [5.41, 5.74) is 0.787. The molecule has 2 aromatic rings. The van der Waals surface area contributed by atoms with Crippen LogP contribution in [0, 0.1) is 0 Å². The quantitative estimate of drug-likeness (QED) is 0.783. The Morgan fingerprint density at radius 2 is 1.94 bits per heavy atom. The van der Waals surface area contributed by atoms with E-state index in [0.29, 0.717) is 30.7 Å². The SMILES string of the molecule is CC(Cl)c1nnc(-c2ccc3c(c2)OCCO3)o1. The van der Waals surface area contributed by atoms with Crippen LogP contribution in [0.25, 0.3) is 11.5 Å². The van der Waals surface area contributed by atoms with Gasteiger partial charge in [-0.3, -0.25) is 0 Å². The Hall–Kier alpha value is -1.75. The topological polar surface area (TPSA) is 57.4 Å². The molecule has 0 N–H and O–H groups in total. The van der Waals surface area contributed by atoms with Gasteiger partial charge in [-0.05, 0) is 25.1 Å². The van der Waals surface area contributed by atoms with E-state index < -0.39 is 0 Å². The molecule has 2 heterocycles. The molecule has 0 saturated carbocycles. The van der Waals surface area contributed by atoms with Gasteiger partial charge in [0.25, 0.3) is 0 Å². The molecule has 0 spiro atoms. The summed E-state index contributed by atoms with van der Waals surface area (Å²) in [7, 11) is 0. The first-order chi connectivity index (χ1) is 8.74. The van der Waals surface area contributed by atoms with E-state index in [0.717, 1.165) is 11.3 Å². The fourth-order valence-electron chi connectivity index (χ4n) is 1.69. The molecule has 1 aliphatic heterocycles. The molecule has 0 bridgehead atoms. The lowest BCUT2D eigenvalue weighted by atomic mass is 10.2. The molecule has 94 valence electrons. The Morgan fingerprint density at radius 3 is 2.67 bits per heavy atom. The highest BCUT2D eigenvalue weighted by atomic mass is 35.5. The highest BCUT2D eigenvalue weighted by molar-refractivity contribution is 6.20. The minimum atomic E-state index is -0.302. The van der Waals surface area contributed by atoms with Gasteiger partial charge in [0.1, 0.15) is 18.6 Å². The van der Waals surface area contributed by atoms with Gasteiger partial charge in [-0.2, -0.15) is 0 Å². The largest absolute Gasteiger partial charge is 0.486 e. The normalized spacial score (nSPS) is 15.4. The molecule has 0 fully saturated rings. The fourth-order valence-corrected chi connectivity index (χ4v) is 1.78. The summed E-state index contributed by atoms with van der Waals surface area (Å²) in [6, 6.07) is 5.51. The third-order valence-corrected chi connectivity index (χ3v) is 2.76. The van der Waals surface area contributed by atoms with Crippen molar-refractivity contribution in [3.63, 3.8) is 0 Å². The summed E-state index contributed by atoms with van der Waals surface area (Å²) in [6.45, 7) is 2.90. The molecular weight excluding hydrogens is 256 g/mol. The third-order valence-electron chi connectivity index (χ3n) is 2.57. The minimum absolute atomic E-state index is 0.302. The van der Waals surface area contributed by atoms with Crippen molar-refractivity contribution in [2.24, 2.45) is 0 Å². The second kappa shape index (κ2) is 4.49. The molecule has 5 nitrogen and oxygen atoms in total. The number of benzene rings is 1. The summed E-state index contributed by atoms with van der Waals surface area (Å²) < 4.78 is 16.4. The number of ether oxygens (including phenoxy) is 2. The van der Waals surface area contributed by atoms with E-state index in [9.17, 15) is 0 Å². The van der Waals surface area contributed by atoms with E-state index in [4.69, 9.17) is 25.5 Å². The van der Waals surface area contributed by atoms with Crippen LogP contribution in [-0.4, -0.2) is 23.4 Å². The van der Waals surface area contributed by atoms with Crippen molar-refractivity contribution >= 4 is 11.6 Å². The molecule has 1 aromatic heterocycles. The van der Waals surface area contributed by atoms with Crippen molar-refractivity contribution in [2.45, 2.75) is 12.3 Å². The Labute approximate surface area is 109 Å². The third kappa shape index (κ3) is 2.01. The van der Waals surface area contributed by atoms with Gasteiger partial charge in [-0.15, -0.1) is 21.8 Å². The van der Waals surface area contributed by atoms with Gasteiger partial charge in [-0.1, -0.05) is 0 Å². The fraction of sp³-hybridized carbons (Fsp3) is 0.333. The molecule has 1 atom stereocenters. The van der Waals surface area contributed by atoms with Crippen LogP contribution in [0.15, 0.2) is 22.6 Å². The predicted molar refractivity (Wildman–Crippen MR) is 65.0 cm³/mol. The van der Waals surface area contributed by atoms with Crippen LogP contribution in [0.4, 0.5) is 0 Å². The molecular formula is C12H11ClN2O3. The van der Waals surface area contributed by atoms with E-state index in [-0.39, 0.29) is 5.38 Å². The maximum atomic E-state index is 5.88. The van der Waals surface area contributed by atoms with Crippen molar-refractivity contribution in [1.82, 2.24) is 10.2 Å². The van der Waals surface area contributed by atoms with Crippen LogP contribution in [0.3, 0.4) is 0 Å². The monoisotopic (exact) mass is 266 g/mol. The second-order valence-corrected chi connectivity index (χ2v) is 4.57. The molecule has 3 rings (SSSR count). The first kappa shape index (κ1) is 11.3. The molecule has 0 aliphatic carbocycles. The first-order valence-corrected chi connectivity index (χ1v) is 6.05. The number of rotatable bonds is 2. The van der Waals surface area contributed by atoms with Gasteiger partial charge in [0.15, 0.2) is 11.5 Å². The van der Waals surface area contributed by atoms with E-state index in [1.807, 2.05) is 18.2 Å². The van der Waals surface area contributed by atoms with E-state index in [1.165, 1.54) is 0 Å². The van der Waals surface area contributed by atoms with Crippen molar-refractivity contribution in [3.05, 3.63) is 24.1 Å². The van der Waals surface area contributed by atoms with Gasteiger partial charge < -0.3 is 13.9 Å². The zero-order valence-corrected chi connectivity index (χ0v) is 10.5. The minimum Gasteiger partial charge on any atom is -0.486 e. The lowest BCUT2D eigenvalue weighted by Gasteiger charge is -2.18. The molecule has 1 unspecified atom stereocenters. The predicted octanol–water partition coefficient (Wildman–Crippen LogP) is 2.81. The van der Waals surface area contributed by atoms with Crippen LogP contribution in [0.1, 0.15) is 18.2 Å². The molecule has 6 heteroatoms. The highest BCUT2D eigenvalue weighted by Crippen LogP contribution is 2.34. The van der Waals surface area contributed by atoms with Crippen LogP contribution in [-0.2, 0) is 0 Å². The smallest absolute Gasteiger partial charge is 0.247 e. The van der Waals surface area contributed by atoms with Gasteiger partial charge in [0.05, 0.1) is 0 Å².